The van der Waals surface area contributed by atoms with E-state index in [1.54, 1.807) is 0 Å². The lowest BCUT2D eigenvalue weighted by Crippen LogP contribution is -2.00. The molecular weight excluding hydrogens is 276 g/mol. The van der Waals surface area contributed by atoms with Crippen LogP contribution in [0.25, 0.3) is 11.1 Å². The molecule has 122 valence electrons. The number of hydrogen-bond donors (Lipinski definition) is 0. The van der Waals surface area contributed by atoms with Crippen LogP contribution in [-0.4, -0.2) is 0 Å². The Morgan fingerprint density at radius 1 is 0.913 bits per heavy atom. The zero-order valence-electron chi connectivity index (χ0n) is 15.3. The van der Waals surface area contributed by atoms with Gasteiger partial charge in [-0.2, -0.15) is 0 Å². The highest BCUT2D eigenvalue weighted by atomic mass is 14.2. The second-order valence-corrected chi connectivity index (χ2v) is 6.57. The molecule has 0 bridgehead atoms. The third-order valence-corrected chi connectivity index (χ3v) is 4.93. The molecule has 1 unspecified atom stereocenters. The Bertz CT molecular complexity index is 676. The molecule has 2 aromatic carbocycles. The van der Waals surface area contributed by atoms with Gasteiger partial charge in [-0.1, -0.05) is 75.7 Å². The van der Waals surface area contributed by atoms with Gasteiger partial charge in [0.25, 0.3) is 0 Å². The number of allylic oxidation sites excluding steroid dienone is 2. The molecule has 0 radical (unpaired) electrons. The Kier molecular flexibility index (Phi) is 6.21. The van der Waals surface area contributed by atoms with Crippen molar-refractivity contribution >= 4 is 11.1 Å². The van der Waals surface area contributed by atoms with Crippen molar-refractivity contribution in [2.24, 2.45) is 0 Å². The first-order chi connectivity index (χ1) is 11.1. The van der Waals surface area contributed by atoms with E-state index in [4.69, 9.17) is 0 Å². The van der Waals surface area contributed by atoms with Crippen molar-refractivity contribution in [1.82, 2.24) is 0 Å². The quantitative estimate of drug-likeness (QED) is 0.493. The van der Waals surface area contributed by atoms with E-state index in [1.165, 1.54) is 46.2 Å². The minimum atomic E-state index is 0.600. The number of benzene rings is 2. The fraction of sp³-hybridized carbons (Fsp3) is 0.391. The summed E-state index contributed by atoms with van der Waals surface area (Å²) in [5.74, 6) is 0.600. The van der Waals surface area contributed by atoms with E-state index in [0.717, 1.165) is 6.42 Å². The summed E-state index contributed by atoms with van der Waals surface area (Å²) in [7, 11) is 0. The Morgan fingerprint density at radius 3 is 2.13 bits per heavy atom. The average molecular weight is 306 g/mol. The molecule has 0 amide bonds. The molecule has 1 atom stereocenters. The monoisotopic (exact) mass is 306 g/mol. The summed E-state index contributed by atoms with van der Waals surface area (Å²) in [4.78, 5) is 0. The van der Waals surface area contributed by atoms with Crippen LogP contribution in [0, 0.1) is 6.92 Å². The van der Waals surface area contributed by atoms with Crippen LogP contribution >= 0.6 is 0 Å². The smallest absolute Gasteiger partial charge is 0.0187 e. The van der Waals surface area contributed by atoms with Crippen LogP contribution in [0.3, 0.4) is 0 Å². The molecule has 0 aliphatic carbocycles. The predicted octanol–water partition coefficient (Wildman–Crippen LogP) is 7.24. The highest BCUT2D eigenvalue weighted by Crippen LogP contribution is 2.35. The number of hydrogen-bond acceptors (Lipinski definition) is 0. The van der Waals surface area contributed by atoms with Gasteiger partial charge in [-0.15, -0.1) is 0 Å². The van der Waals surface area contributed by atoms with Gasteiger partial charge in [0.1, 0.15) is 0 Å². The maximum atomic E-state index is 2.34. The molecular formula is C23H30. The number of rotatable bonds is 6. The Labute approximate surface area is 142 Å². The molecule has 0 fully saturated rings. The molecule has 0 heterocycles. The van der Waals surface area contributed by atoms with Crippen LogP contribution in [0.4, 0.5) is 0 Å². The van der Waals surface area contributed by atoms with Gasteiger partial charge in [0, 0.05) is 0 Å². The topological polar surface area (TPSA) is 0 Å². The van der Waals surface area contributed by atoms with Gasteiger partial charge in [0.05, 0.1) is 0 Å². The molecule has 0 nitrogen and oxygen atoms in total. The van der Waals surface area contributed by atoms with Crippen molar-refractivity contribution in [2.75, 3.05) is 0 Å². The van der Waals surface area contributed by atoms with Gasteiger partial charge in [0.15, 0.2) is 0 Å². The largest absolute Gasteiger partial charge is 0.0651 e. The van der Waals surface area contributed by atoms with E-state index < -0.39 is 0 Å². The predicted molar refractivity (Wildman–Crippen MR) is 104 cm³/mol. The first-order valence-corrected chi connectivity index (χ1v) is 8.95. The fourth-order valence-corrected chi connectivity index (χ4v) is 3.35. The molecule has 0 saturated carbocycles. The van der Waals surface area contributed by atoms with Crippen molar-refractivity contribution in [3.8, 4) is 0 Å². The van der Waals surface area contributed by atoms with Gasteiger partial charge >= 0.3 is 0 Å². The third-order valence-electron chi connectivity index (χ3n) is 4.93. The zero-order valence-corrected chi connectivity index (χ0v) is 15.3. The Balaban J connectivity index is 2.64. The molecule has 0 aliphatic heterocycles. The van der Waals surface area contributed by atoms with Crippen LogP contribution in [0.5, 0.6) is 0 Å². The maximum absolute atomic E-state index is 2.34. The van der Waals surface area contributed by atoms with Gasteiger partial charge < -0.3 is 0 Å². The van der Waals surface area contributed by atoms with Crippen LogP contribution in [0.2, 0.25) is 0 Å². The summed E-state index contributed by atoms with van der Waals surface area (Å²) in [5.41, 5.74) is 8.63. The molecule has 0 saturated heterocycles. The van der Waals surface area contributed by atoms with Crippen molar-refractivity contribution in [1.29, 1.82) is 0 Å². The van der Waals surface area contributed by atoms with Crippen molar-refractivity contribution < 1.29 is 0 Å². The lowest BCUT2D eigenvalue weighted by atomic mass is 9.84. The SMILES string of the molecule is CCC/C(=C(/C)c1ccccc1C)c1ccccc1C(C)CC. The highest BCUT2D eigenvalue weighted by Gasteiger charge is 2.15. The molecule has 23 heavy (non-hydrogen) atoms. The van der Waals surface area contributed by atoms with E-state index in [-0.39, 0.29) is 0 Å². The molecule has 0 N–H and O–H groups in total. The van der Waals surface area contributed by atoms with Crippen LogP contribution in [0.15, 0.2) is 48.5 Å². The summed E-state index contributed by atoms with van der Waals surface area (Å²) in [6.07, 6.45) is 3.49. The van der Waals surface area contributed by atoms with E-state index in [9.17, 15) is 0 Å². The van der Waals surface area contributed by atoms with Crippen molar-refractivity contribution in [3.05, 3.63) is 70.8 Å². The zero-order chi connectivity index (χ0) is 16.8. The lowest BCUT2D eigenvalue weighted by molar-refractivity contribution is 0.730. The summed E-state index contributed by atoms with van der Waals surface area (Å²) in [5, 5.41) is 0. The van der Waals surface area contributed by atoms with Gasteiger partial charge in [-0.05, 0) is 66.0 Å². The fourth-order valence-electron chi connectivity index (χ4n) is 3.35. The maximum Gasteiger partial charge on any atom is -0.0187 e. The second-order valence-electron chi connectivity index (χ2n) is 6.57. The van der Waals surface area contributed by atoms with Gasteiger partial charge in [-0.25, -0.2) is 0 Å². The van der Waals surface area contributed by atoms with E-state index in [1.807, 2.05) is 0 Å². The molecule has 0 spiro atoms. The summed E-state index contributed by atoms with van der Waals surface area (Å²) in [6.45, 7) is 11.4. The lowest BCUT2D eigenvalue weighted by Gasteiger charge is -2.20. The van der Waals surface area contributed by atoms with Crippen LogP contribution in [-0.2, 0) is 0 Å². The first-order valence-electron chi connectivity index (χ1n) is 8.95. The van der Waals surface area contributed by atoms with E-state index in [2.05, 4.69) is 83.1 Å². The molecule has 0 aromatic heterocycles. The van der Waals surface area contributed by atoms with E-state index in [0.29, 0.717) is 5.92 Å². The van der Waals surface area contributed by atoms with Crippen LogP contribution < -0.4 is 0 Å². The van der Waals surface area contributed by atoms with Crippen LogP contribution in [0.1, 0.15) is 75.1 Å². The molecule has 2 aromatic rings. The van der Waals surface area contributed by atoms with Gasteiger partial charge in [-0.3, -0.25) is 0 Å². The summed E-state index contributed by atoms with van der Waals surface area (Å²) < 4.78 is 0. The average Bonchev–Trinajstić information content (AvgIpc) is 2.59. The normalized spacial score (nSPS) is 13.6. The summed E-state index contributed by atoms with van der Waals surface area (Å²) in [6, 6.07) is 17.7. The number of aryl methyl sites for hydroxylation is 1. The molecule has 2 rings (SSSR count). The van der Waals surface area contributed by atoms with E-state index >= 15 is 0 Å². The first kappa shape index (κ1) is 17.5. The standard InChI is InChI=1S/C23H30/c1-6-12-22(19(5)20-14-9-8-13-18(20)4)23-16-11-10-15-21(23)17(3)7-2/h8-11,13-17H,6-7,12H2,1-5H3/b22-19+. The Morgan fingerprint density at radius 2 is 1.52 bits per heavy atom. The van der Waals surface area contributed by atoms with Crippen molar-refractivity contribution in [3.63, 3.8) is 0 Å². The Hall–Kier alpha value is -1.82. The third kappa shape index (κ3) is 3.93. The van der Waals surface area contributed by atoms with Crippen molar-refractivity contribution in [2.45, 2.75) is 59.8 Å². The molecule has 0 aliphatic rings. The second kappa shape index (κ2) is 8.15. The summed E-state index contributed by atoms with van der Waals surface area (Å²) >= 11 is 0. The highest BCUT2D eigenvalue weighted by molar-refractivity contribution is 5.91. The minimum absolute atomic E-state index is 0.600. The van der Waals surface area contributed by atoms with Gasteiger partial charge in [0.2, 0.25) is 0 Å². The molecule has 0 heteroatoms. The minimum Gasteiger partial charge on any atom is -0.0651 e.